The van der Waals surface area contributed by atoms with Gasteiger partial charge in [-0.15, -0.1) is 0 Å². The smallest absolute Gasteiger partial charge is 0.253 e. The quantitative estimate of drug-likeness (QED) is 0.824. The maximum Gasteiger partial charge on any atom is 0.253 e. The van der Waals surface area contributed by atoms with Crippen molar-refractivity contribution in [1.82, 2.24) is 10.3 Å². The predicted molar refractivity (Wildman–Crippen MR) is 70.2 cm³/mol. The molecule has 0 unspecified atom stereocenters. The molecule has 2 N–H and O–H groups in total. The summed E-state index contributed by atoms with van der Waals surface area (Å²) in [5.74, 6) is -0.0600. The highest BCUT2D eigenvalue weighted by atomic mass is 16.1. The fraction of sp³-hybridized carbons (Fsp3) is 0.538. The summed E-state index contributed by atoms with van der Waals surface area (Å²) >= 11 is 0. The minimum Gasteiger partial charge on any atom is -0.386 e. The lowest BCUT2D eigenvalue weighted by atomic mass is 9.98. The summed E-state index contributed by atoms with van der Waals surface area (Å²) in [5, 5.41) is 6.01. The Morgan fingerprint density at radius 1 is 1.47 bits per heavy atom. The van der Waals surface area contributed by atoms with Crippen LogP contribution in [0.1, 0.15) is 44.0 Å². The van der Waals surface area contributed by atoms with E-state index in [1.54, 1.807) is 25.5 Å². The highest BCUT2D eigenvalue weighted by molar-refractivity contribution is 5.99. The second kappa shape index (κ2) is 5.66. The van der Waals surface area contributed by atoms with Crippen LogP contribution in [-0.2, 0) is 0 Å². The van der Waals surface area contributed by atoms with Gasteiger partial charge in [-0.05, 0) is 26.3 Å². The van der Waals surface area contributed by atoms with Gasteiger partial charge >= 0.3 is 0 Å². The van der Waals surface area contributed by atoms with Crippen molar-refractivity contribution in [2.24, 2.45) is 0 Å². The minimum absolute atomic E-state index is 0.0600. The van der Waals surface area contributed by atoms with Crippen molar-refractivity contribution in [3.05, 3.63) is 24.0 Å². The molecule has 0 aliphatic carbocycles. The van der Waals surface area contributed by atoms with Gasteiger partial charge in [0.05, 0.1) is 17.4 Å². The Balaban J connectivity index is 2.83. The van der Waals surface area contributed by atoms with E-state index >= 15 is 0 Å². The van der Waals surface area contributed by atoms with Gasteiger partial charge in [0.15, 0.2) is 0 Å². The Morgan fingerprint density at radius 3 is 2.76 bits per heavy atom. The summed E-state index contributed by atoms with van der Waals surface area (Å²) in [5.41, 5.74) is 1.20. The van der Waals surface area contributed by atoms with E-state index in [1.807, 2.05) is 13.8 Å². The van der Waals surface area contributed by atoms with E-state index in [4.69, 9.17) is 0 Å². The first-order valence-electron chi connectivity index (χ1n) is 5.94. The van der Waals surface area contributed by atoms with Gasteiger partial charge in [0.2, 0.25) is 0 Å². The maximum atomic E-state index is 12.1. The van der Waals surface area contributed by atoms with Crippen LogP contribution in [0.2, 0.25) is 0 Å². The Morgan fingerprint density at radius 2 is 2.18 bits per heavy atom. The van der Waals surface area contributed by atoms with E-state index in [9.17, 15) is 4.79 Å². The van der Waals surface area contributed by atoms with Gasteiger partial charge in [-0.1, -0.05) is 13.3 Å². The molecule has 0 atom stereocenters. The minimum atomic E-state index is -0.180. The van der Waals surface area contributed by atoms with Crippen molar-refractivity contribution in [2.75, 3.05) is 12.4 Å². The molecule has 4 heteroatoms. The third-order valence-corrected chi connectivity index (χ3v) is 2.66. The van der Waals surface area contributed by atoms with Crippen LogP contribution in [-0.4, -0.2) is 23.5 Å². The van der Waals surface area contributed by atoms with Crippen LogP contribution >= 0.6 is 0 Å². The fourth-order valence-corrected chi connectivity index (χ4v) is 1.85. The lowest BCUT2D eigenvalue weighted by molar-refractivity contribution is 0.0910. The Hall–Kier alpha value is -1.58. The topological polar surface area (TPSA) is 54.0 Å². The molecule has 0 aliphatic rings. The highest BCUT2D eigenvalue weighted by Crippen LogP contribution is 2.16. The van der Waals surface area contributed by atoms with Crippen molar-refractivity contribution in [3.63, 3.8) is 0 Å². The lowest BCUT2D eigenvalue weighted by Gasteiger charge is -2.26. The molecule has 1 rings (SSSR count). The lowest BCUT2D eigenvalue weighted by Crippen LogP contribution is -2.43. The molecule has 1 amide bonds. The predicted octanol–water partition coefficient (Wildman–Crippen LogP) is 2.43. The van der Waals surface area contributed by atoms with E-state index in [0.29, 0.717) is 5.56 Å². The molecule has 94 valence electrons. The summed E-state index contributed by atoms with van der Waals surface area (Å²) in [6.45, 7) is 6.18. The molecule has 0 radical (unpaired) electrons. The monoisotopic (exact) mass is 235 g/mol. The zero-order valence-electron chi connectivity index (χ0n) is 11.0. The SMILES string of the molecule is CCCC(C)(C)NC(=O)c1ccncc1NC. The molecule has 1 aromatic heterocycles. The van der Waals surface area contributed by atoms with Crippen LogP contribution in [0.15, 0.2) is 18.5 Å². The molecule has 0 spiro atoms. The number of rotatable bonds is 5. The summed E-state index contributed by atoms with van der Waals surface area (Å²) in [4.78, 5) is 16.1. The number of pyridine rings is 1. The average molecular weight is 235 g/mol. The van der Waals surface area contributed by atoms with Crippen LogP contribution in [0.5, 0.6) is 0 Å². The number of amides is 1. The van der Waals surface area contributed by atoms with Crippen LogP contribution in [0, 0.1) is 0 Å². The molecule has 0 aliphatic heterocycles. The Bertz CT molecular complexity index is 388. The van der Waals surface area contributed by atoms with Crippen LogP contribution in [0.25, 0.3) is 0 Å². The number of aromatic nitrogens is 1. The van der Waals surface area contributed by atoms with E-state index in [-0.39, 0.29) is 11.4 Å². The van der Waals surface area contributed by atoms with Gasteiger partial charge in [-0.2, -0.15) is 0 Å². The molecule has 17 heavy (non-hydrogen) atoms. The zero-order valence-corrected chi connectivity index (χ0v) is 11.0. The largest absolute Gasteiger partial charge is 0.386 e. The first kappa shape index (κ1) is 13.5. The molecule has 0 bridgehead atoms. The van der Waals surface area contributed by atoms with Crippen molar-refractivity contribution in [3.8, 4) is 0 Å². The number of carbonyl (C=O) groups excluding carboxylic acids is 1. The summed E-state index contributed by atoms with van der Waals surface area (Å²) in [6, 6.07) is 1.73. The normalized spacial score (nSPS) is 11.1. The first-order valence-corrected chi connectivity index (χ1v) is 5.94. The molecule has 0 fully saturated rings. The van der Waals surface area contributed by atoms with Gasteiger partial charge in [0.1, 0.15) is 0 Å². The molecule has 1 aromatic rings. The number of carbonyl (C=O) groups is 1. The van der Waals surface area contributed by atoms with Crippen molar-refractivity contribution in [1.29, 1.82) is 0 Å². The summed E-state index contributed by atoms with van der Waals surface area (Å²) in [6.07, 6.45) is 5.28. The van der Waals surface area contributed by atoms with Gasteiger partial charge in [0, 0.05) is 18.8 Å². The average Bonchev–Trinajstić information content (AvgIpc) is 2.28. The zero-order chi connectivity index (χ0) is 12.9. The standard InChI is InChI=1S/C13H21N3O/c1-5-7-13(2,3)16-12(17)10-6-8-15-9-11(10)14-4/h6,8-9,14H,5,7H2,1-4H3,(H,16,17). The van der Waals surface area contributed by atoms with Crippen LogP contribution in [0.4, 0.5) is 5.69 Å². The molecule has 4 nitrogen and oxygen atoms in total. The maximum absolute atomic E-state index is 12.1. The van der Waals surface area contributed by atoms with Gasteiger partial charge in [-0.25, -0.2) is 0 Å². The van der Waals surface area contributed by atoms with Gasteiger partial charge in [-0.3, -0.25) is 9.78 Å². The van der Waals surface area contributed by atoms with Crippen molar-refractivity contribution in [2.45, 2.75) is 39.2 Å². The molecular formula is C13H21N3O. The Kier molecular flexibility index (Phi) is 4.49. The van der Waals surface area contributed by atoms with Crippen molar-refractivity contribution >= 4 is 11.6 Å². The second-order valence-corrected chi connectivity index (χ2v) is 4.76. The highest BCUT2D eigenvalue weighted by Gasteiger charge is 2.21. The van der Waals surface area contributed by atoms with Crippen LogP contribution in [0.3, 0.4) is 0 Å². The van der Waals surface area contributed by atoms with E-state index < -0.39 is 0 Å². The molecule has 0 saturated heterocycles. The van der Waals surface area contributed by atoms with Crippen LogP contribution < -0.4 is 10.6 Å². The van der Waals surface area contributed by atoms with E-state index in [1.165, 1.54) is 0 Å². The van der Waals surface area contributed by atoms with Gasteiger partial charge < -0.3 is 10.6 Å². The number of anilines is 1. The second-order valence-electron chi connectivity index (χ2n) is 4.76. The fourth-order valence-electron chi connectivity index (χ4n) is 1.85. The Labute approximate surface area is 103 Å². The number of nitrogens with zero attached hydrogens (tertiary/aromatic N) is 1. The first-order chi connectivity index (χ1) is 8.00. The molecule has 0 aromatic carbocycles. The number of hydrogen-bond donors (Lipinski definition) is 2. The van der Waals surface area contributed by atoms with E-state index in [2.05, 4.69) is 22.5 Å². The number of hydrogen-bond acceptors (Lipinski definition) is 3. The van der Waals surface area contributed by atoms with E-state index in [0.717, 1.165) is 18.5 Å². The summed E-state index contributed by atoms with van der Waals surface area (Å²) in [7, 11) is 1.78. The molecule has 0 saturated carbocycles. The molecular weight excluding hydrogens is 214 g/mol. The van der Waals surface area contributed by atoms with Gasteiger partial charge in [0.25, 0.3) is 5.91 Å². The number of nitrogens with one attached hydrogen (secondary N) is 2. The summed E-state index contributed by atoms with van der Waals surface area (Å²) < 4.78 is 0. The van der Waals surface area contributed by atoms with Crippen molar-refractivity contribution < 1.29 is 4.79 Å². The third kappa shape index (κ3) is 3.73. The third-order valence-electron chi connectivity index (χ3n) is 2.66. The molecule has 1 heterocycles.